The van der Waals surface area contributed by atoms with Crippen molar-refractivity contribution in [2.45, 2.75) is 25.8 Å². The smallest absolute Gasteiger partial charge is 0.416 e. The molecule has 182 valence electrons. The van der Waals surface area contributed by atoms with E-state index < -0.39 is 6.09 Å². The van der Waals surface area contributed by atoms with Crippen molar-refractivity contribution in [2.24, 2.45) is 0 Å². The largest absolute Gasteiger partial charge is 0.486 e. The van der Waals surface area contributed by atoms with Crippen LogP contribution in [0.1, 0.15) is 28.8 Å². The second-order valence-corrected chi connectivity index (χ2v) is 9.46. The molecule has 0 atom stereocenters. The van der Waals surface area contributed by atoms with Gasteiger partial charge >= 0.3 is 6.09 Å². The third-order valence-electron chi connectivity index (χ3n) is 5.75. The van der Waals surface area contributed by atoms with Crippen molar-refractivity contribution in [3.05, 3.63) is 53.6 Å². The predicted octanol–water partition coefficient (Wildman–Crippen LogP) is 3.87. The van der Waals surface area contributed by atoms with Gasteiger partial charge < -0.3 is 30.2 Å². The van der Waals surface area contributed by atoms with Gasteiger partial charge in [-0.25, -0.2) is 4.79 Å². The Labute approximate surface area is 206 Å². The lowest BCUT2D eigenvalue weighted by molar-refractivity contribution is 0.0933. The lowest BCUT2D eigenvalue weighted by Crippen LogP contribution is -2.41. The second kappa shape index (κ2) is 9.83. The number of carbonyl (C=O) groups excluding carboxylic acids is 2. The molecule has 1 aliphatic heterocycles. The number of anilines is 1. The van der Waals surface area contributed by atoms with Crippen LogP contribution in [0.25, 0.3) is 10.4 Å². The summed E-state index contributed by atoms with van der Waals surface area (Å²) in [6.45, 7) is 3.41. The lowest BCUT2D eigenvalue weighted by atomic mass is 10.1. The van der Waals surface area contributed by atoms with Crippen LogP contribution >= 0.6 is 11.3 Å². The van der Waals surface area contributed by atoms with Gasteiger partial charge in [-0.1, -0.05) is 47.2 Å². The molecule has 0 unspecified atom stereocenters. The van der Waals surface area contributed by atoms with Crippen LogP contribution in [0, 0.1) is 6.92 Å². The molecule has 2 heterocycles. The number of hydrogen-bond acceptors (Lipinski definition) is 8. The highest BCUT2D eigenvalue weighted by Crippen LogP contribution is 2.38. The summed E-state index contributed by atoms with van der Waals surface area (Å²) < 4.78 is 16.9. The predicted molar refractivity (Wildman–Crippen MR) is 132 cm³/mol. The first kappa shape index (κ1) is 23.0. The topological polar surface area (TPSA) is 116 Å². The number of aromatic nitrogens is 1. The number of nitrogens with zero attached hydrogens (tertiary/aromatic N) is 2. The van der Waals surface area contributed by atoms with Gasteiger partial charge in [0.1, 0.15) is 18.1 Å². The number of benzene rings is 2. The Kier molecular flexibility index (Phi) is 6.45. The minimum absolute atomic E-state index is 0.0824. The van der Waals surface area contributed by atoms with Crippen LogP contribution in [0.3, 0.4) is 0 Å². The summed E-state index contributed by atoms with van der Waals surface area (Å²) in [5.74, 6) is 0.912. The molecule has 2 aromatic carbocycles. The number of rotatable bonds is 7. The van der Waals surface area contributed by atoms with Gasteiger partial charge in [0.05, 0.1) is 5.56 Å². The summed E-state index contributed by atoms with van der Waals surface area (Å²) >= 11 is 1.28. The number of fused-ring (bicyclic) bond motifs is 1. The molecular formula is C25H26N4O5S. The van der Waals surface area contributed by atoms with Gasteiger partial charge in [0.25, 0.3) is 5.91 Å². The van der Waals surface area contributed by atoms with Crippen LogP contribution < -0.4 is 25.3 Å². The molecule has 0 saturated heterocycles. The van der Waals surface area contributed by atoms with Crippen molar-refractivity contribution in [3.8, 4) is 27.8 Å². The molecule has 1 saturated carbocycles. The van der Waals surface area contributed by atoms with Gasteiger partial charge in [-0.15, -0.1) is 0 Å². The number of para-hydroxylation sites is 1. The monoisotopic (exact) mass is 494 g/mol. The van der Waals surface area contributed by atoms with Gasteiger partial charge in [0, 0.05) is 19.1 Å². The summed E-state index contributed by atoms with van der Waals surface area (Å²) in [7, 11) is 0. The van der Waals surface area contributed by atoms with Gasteiger partial charge in [-0.05, 0) is 37.5 Å². The number of nitrogens with one attached hydrogen (secondary N) is 1. The van der Waals surface area contributed by atoms with Crippen molar-refractivity contribution in [1.82, 2.24) is 15.2 Å². The highest BCUT2D eigenvalue weighted by Gasteiger charge is 2.34. The Morgan fingerprint density at radius 2 is 2.00 bits per heavy atom. The number of amides is 2. The van der Waals surface area contributed by atoms with E-state index in [1.54, 1.807) is 23.1 Å². The van der Waals surface area contributed by atoms with E-state index >= 15 is 0 Å². The van der Waals surface area contributed by atoms with Crippen LogP contribution in [0.15, 0.2) is 42.5 Å². The minimum Gasteiger partial charge on any atom is -0.486 e. The molecule has 10 heteroatoms. The maximum Gasteiger partial charge on any atom is 0.416 e. The number of carbonyl (C=O) groups is 2. The summed E-state index contributed by atoms with van der Waals surface area (Å²) in [6, 6.07) is 13.2. The normalized spacial score (nSPS) is 14.3. The molecule has 1 aromatic heterocycles. The molecule has 5 rings (SSSR count). The van der Waals surface area contributed by atoms with Crippen LogP contribution in [-0.2, 0) is 0 Å². The standard InChI is InChI=1S/C25H26N4O5S/c1-15-4-2-5-16(14-15)21-23(28-24(26)35-21)34-25(31)29(17-8-9-17)11-10-27-22(30)18-6-3-7-19-20(18)33-13-12-32-19/h2-7,14,17H,8-13H2,1H3,(H2,26,28)(H,27,30). The Bertz CT molecular complexity index is 1260. The van der Waals surface area contributed by atoms with E-state index in [0.717, 1.165) is 24.0 Å². The Morgan fingerprint density at radius 3 is 2.80 bits per heavy atom. The first-order chi connectivity index (χ1) is 17.0. The van der Waals surface area contributed by atoms with Gasteiger partial charge in [-0.3, -0.25) is 4.79 Å². The molecule has 9 nitrogen and oxygen atoms in total. The third kappa shape index (κ3) is 5.17. The van der Waals surface area contributed by atoms with Crippen molar-refractivity contribution in [2.75, 3.05) is 32.0 Å². The Balaban J connectivity index is 1.24. The first-order valence-electron chi connectivity index (χ1n) is 11.5. The maximum atomic E-state index is 13.1. The lowest BCUT2D eigenvalue weighted by Gasteiger charge is -2.22. The van der Waals surface area contributed by atoms with Crippen molar-refractivity contribution in [1.29, 1.82) is 0 Å². The fourth-order valence-electron chi connectivity index (χ4n) is 3.95. The molecule has 2 amide bonds. The molecule has 0 bridgehead atoms. The summed E-state index contributed by atoms with van der Waals surface area (Å²) in [5, 5.41) is 3.20. The number of thiazole rings is 1. The van der Waals surface area contributed by atoms with E-state index in [-0.39, 0.29) is 24.4 Å². The van der Waals surface area contributed by atoms with E-state index in [0.29, 0.717) is 46.8 Å². The fourth-order valence-corrected chi connectivity index (χ4v) is 4.71. The summed E-state index contributed by atoms with van der Waals surface area (Å²) in [6.07, 6.45) is 1.28. The Hall–Kier alpha value is -3.79. The maximum absolute atomic E-state index is 13.1. The highest BCUT2D eigenvalue weighted by atomic mass is 32.1. The van der Waals surface area contributed by atoms with E-state index in [9.17, 15) is 9.59 Å². The van der Waals surface area contributed by atoms with Crippen LogP contribution in [0.2, 0.25) is 0 Å². The van der Waals surface area contributed by atoms with E-state index in [2.05, 4.69) is 10.3 Å². The van der Waals surface area contributed by atoms with E-state index in [4.69, 9.17) is 19.9 Å². The van der Waals surface area contributed by atoms with Crippen molar-refractivity contribution < 1.29 is 23.8 Å². The average molecular weight is 495 g/mol. The van der Waals surface area contributed by atoms with Gasteiger partial charge in [-0.2, -0.15) is 4.98 Å². The van der Waals surface area contributed by atoms with Crippen molar-refractivity contribution in [3.63, 3.8) is 0 Å². The molecule has 0 spiro atoms. The first-order valence-corrected chi connectivity index (χ1v) is 12.3. The number of nitrogens with two attached hydrogens (primary N) is 1. The van der Waals surface area contributed by atoms with Crippen molar-refractivity contribution >= 4 is 28.5 Å². The fraction of sp³-hybridized carbons (Fsp3) is 0.320. The second-order valence-electron chi connectivity index (χ2n) is 8.43. The zero-order chi connectivity index (χ0) is 24.4. The number of aryl methyl sites for hydroxylation is 1. The van der Waals surface area contributed by atoms with Crippen LogP contribution in [0.4, 0.5) is 9.93 Å². The molecule has 3 aromatic rings. The molecule has 1 fully saturated rings. The molecule has 2 aliphatic rings. The zero-order valence-electron chi connectivity index (χ0n) is 19.3. The third-order valence-corrected chi connectivity index (χ3v) is 6.66. The average Bonchev–Trinajstić information content (AvgIpc) is 3.63. The molecule has 0 radical (unpaired) electrons. The number of hydrogen-bond donors (Lipinski definition) is 2. The quantitative estimate of drug-likeness (QED) is 0.512. The van der Waals surface area contributed by atoms with E-state index in [1.165, 1.54) is 11.3 Å². The zero-order valence-corrected chi connectivity index (χ0v) is 20.1. The van der Waals surface area contributed by atoms with Gasteiger partial charge in [0.2, 0.25) is 5.88 Å². The summed E-state index contributed by atoms with van der Waals surface area (Å²) in [4.78, 5) is 32.4. The number of ether oxygens (including phenoxy) is 3. The SMILES string of the molecule is Cc1cccc(-c2sc(N)nc2OC(=O)N(CCNC(=O)c2cccc3c2OCCO3)C2CC2)c1. The summed E-state index contributed by atoms with van der Waals surface area (Å²) in [5.41, 5.74) is 8.31. The molecular weight excluding hydrogens is 468 g/mol. The highest BCUT2D eigenvalue weighted by molar-refractivity contribution is 7.19. The Morgan fingerprint density at radius 1 is 1.20 bits per heavy atom. The van der Waals surface area contributed by atoms with Gasteiger partial charge in [0.15, 0.2) is 16.6 Å². The van der Waals surface area contributed by atoms with E-state index in [1.807, 2.05) is 31.2 Å². The molecule has 1 aliphatic carbocycles. The van der Waals surface area contributed by atoms with Crippen LogP contribution in [0.5, 0.6) is 17.4 Å². The number of nitrogen functional groups attached to an aromatic ring is 1. The minimum atomic E-state index is -0.505. The molecule has 35 heavy (non-hydrogen) atoms. The molecule has 3 N–H and O–H groups in total. The van der Waals surface area contributed by atoms with Crippen LogP contribution in [-0.4, -0.2) is 54.2 Å².